The fourth-order valence-electron chi connectivity index (χ4n) is 0.716. The van der Waals surface area contributed by atoms with Gasteiger partial charge in [0.1, 0.15) is 0 Å². The van der Waals surface area contributed by atoms with Crippen LogP contribution in [0.2, 0.25) is 5.02 Å². The second kappa shape index (κ2) is 3.95. The number of carbonyl (C=O) groups is 1. The van der Waals surface area contributed by atoms with Gasteiger partial charge in [-0.1, -0.05) is 11.6 Å². The van der Waals surface area contributed by atoms with E-state index in [9.17, 15) is 4.79 Å². The lowest BCUT2D eigenvalue weighted by atomic mass is 10.3. The first kappa shape index (κ1) is 9.60. The van der Waals surface area contributed by atoms with Gasteiger partial charge in [-0.2, -0.15) is 0 Å². The number of hydrogen-bond acceptors (Lipinski definition) is 1. The van der Waals surface area contributed by atoms with Gasteiger partial charge in [0.15, 0.2) is 0 Å². The van der Waals surface area contributed by atoms with Crippen LogP contribution in [0.25, 0.3) is 0 Å². The van der Waals surface area contributed by atoms with Crippen molar-refractivity contribution < 1.29 is 4.79 Å². The van der Waals surface area contributed by atoms with Gasteiger partial charge < -0.3 is 11.1 Å². The van der Waals surface area contributed by atoms with Crippen molar-refractivity contribution in [2.75, 3.05) is 5.32 Å². The molecule has 0 aliphatic carbocycles. The number of carbonyl (C=O) groups excluding carboxylic acids is 1. The zero-order valence-electron chi connectivity index (χ0n) is 5.97. The van der Waals surface area contributed by atoms with Crippen LogP contribution in [0, 0.1) is 3.57 Å². The van der Waals surface area contributed by atoms with Crippen LogP contribution in [0.4, 0.5) is 10.5 Å². The number of anilines is 1. The predicted molar refractivity (Wildman–Crippen MR) is 57.4 cm³/mol. The number of halogens is 2. The lowest BCUT2D eigenvalue weighted by Gasteiger charge is -2.02. The standard InChI is InChI=1S/C7H6ClIN2O/c8-5-3-4(11-7(10)12)1-2-6(5)9/h1-3H,(H3,10,11,12). The third-order valence-electron chi connectivity index (χ3n) is 1.19. The Morgan fingerprint density at radius 3 is 2.75 bits per heavy atom. The van der Waals surface area contributed by atoms with Gasteiger partial charge in [0.2, 0.25) is 0 Å². The number of amides is 2. The van der Waals surface area contributed by atoms with E-state index in [0.29, 0.717) is 10.7 Å². The summed E-state index contributed by atoms with van der Waals surface area (Å²) in [5, 5.41) is 3.02. The van der Waals surface area contributed by atoms with Crippen molar-refractivity contribution in [3.05, 3.63) is 26.8 Å². The number of benzene rings is 1. The summed E-state index contributed by atoms with van der Waals surface area (Å²) in [5.41, 5.74) is 5.52. The molecule has 5 heteroatoms. The Balaban J connectivity index is 2.89. The number of urea groups is 1. The van der Waals surface area contributed by atoms with E-state index in [0.717, 1.165) is 3.57 Å². The zero-order chi connectivity index (χ0) is 9.14. The van der Waals surface area contributed by atoms with Crippen LogP contribution in [-0.4, -0.2) is 6.03 Å². The van der Waals surface area contributed by atoms with Crippen LogP contribution in [0.3, 0.4) is 0 Å². The van der Waals surface area contributed by atoms with E-state index in [-0.39, 0.29) is 0 Å². The molecule has 0 fully saturated rings. The summed E-state index contributed by atoms with van der Waals surface area (Å²) >= 11 is 7.90. The normalized spacial score (nSPS) is 9.50. The Morgan fingerprint density at radius 1 is 1.58 bits per heavy atom. The molecular weight excluding hydrogens is 290 g/mol. The van der Waals surface area contributed by atoms with Crippen LogP contribution in [-0.2, 0) is 0 Å². The van der Waals surface area contributed by atoms with Gasteiger partial charge in [-0.3, -0.25) is 0 Å². The molecule has 1 rings (SSSR count). The first-order chi connectivity index (χ1) is 5.59. The van der Waals surface area contributed by atoms with Crippen LogP contribution >= 0.6 is 34.2 Å². The molecule has 0 unspecified atom stereocenters. The van der Waals surface area contributed by atoms with Crippen LogP contribution in [0.5, 0.6) is 0 Å². The third-order valence-corrected chi connectivity index (χ3v) is 2.76. The molecule has 0 aliphatic heterocycles. The molecule has 0 atom stereocenters. The molecule has 2 amide bonds. The van der Waals surface area contributed by atoms with Crippen LogP contribution in [0.15, 0.2) is 18.2 Å². The molecule has 0 bridgehead atoms. The summed E-state index contributed by atoms with van der Waals surface area (Å²) in [5.74, 6) is 0. The lowest BCUT2D eigenvalue weighted by molar-refractivity contribution is 0.259. The number of nitrogens with one attached hydrogen (secondary N) is 1. The molecule has 0 aliphatic rings. The SMILES string of the molecule is NC(=O)Nc1ccc(I)c(Cl)c1. The number of nitrogens with two attached hydrogens (primary N) is 1. The maximum atomic E-state index is 10.4. The van der Waals surface area contributed by atoms with E-state index in [1.165, 1.54) is 0 Å². The molecule has 64 valence electrons. The monoisotopic (exact) mass is 296 g/mol. The second-order valence-electron chi connectivity index (χ2n) is 2.12. The second-order valence-corrected chi connectivity index (χ2v) is 3.69. The van der Waals surface area contributed by atoms with Gasteiger partial charge in [0.25, 0.3) is 0 Å². The summed E-state index contributed by atoms with van der Waals surface area (Å²) in [7, 11) is 0. The highest BCUT2D eigenvalue weighted by Crippen LogP contribution is 2.21. The molecule has 0 spiro atoms. The van der Waals surface area contributed by atoms with Crippen LogP contribution < -0.4 is 11.1 Å². The van der Waals surface area contributed by atoms with Crippen molar-refractivity contribution >= 4 is 45.9 Å². The summed E-state index contributed by atoms with van der Waals surface area (Å²) < 4.78 is 0.935. The fraction of sp³-hybridized carbons (Fsp3) is 0. The van der Waals surface area contributed by atoms with Crippen molar-refractivity contribution in [1.82, 2.24) is 0 Å². The molecule has 3 N–H and O–H groups in total. The summed E-state index contributed by atoms with van der Waals surface area (Å²) in [6.07, 6.45) is 0. The summed E-state index contributed by atoms with van der Waals surface area (Å²) in [6.45, 7) is 0. The first-order valence-electron chi connectivity index (χ1n) is 3.11. The number of primary amides is 1. The molecule has 3 nitrogen and oxygen atoms in total. The van der Waals surface area contributed by atoms with E-state index in [2.05, 4.69) is 27.9 Å². The lowest BCUT2D eigenvalue weighted by Crippen LogP contribution is -2.19. The molecule has 0 aromatic heterocycles. The van der Waals surface area contributed by atoms with E-state index in [1.807, 2.05) is 0 Å². The smallest absolute Gasteiger partial charge is 0.316 e. The maximum absolute atomic E-state index is 10.4. The number of hydrogen-bond donors (Lipinski definition) is 2. The van der Waals surface area contributed by atoms with Gasteiger partial charge >= 0.3 is 6.03 Å². The average molecular weight is 296 g/mol. The molecule has 12 heavy (non-hydrogen) atoms. The van der Waals surface area contributed by atoms with Gasteiger partial charge in [0.05, 0.1) is 5.02 Å². The molecule has 0 radical (unpaired) electrons. The Kier molecular flexibility index (Phi) is 3.16. The molecule has 0 saturated carbocycles. The Bertz CT molecular complexity index is 316. The van der Waals surface area contributed by atoms with Crippen molar-refractivity contribution in [1.29, 1.82) is 0 Å². The van der Waals surface area contributed by atoms with E-state index in [1.54, 1.807) is 18.2 Å². The quantitative estimate of drug-likeness (QED) is 0.768. The van der Waals surface area contributed by atoms with E-state index >= 15 is 0 Å². The number of rotatable bonds is 1. The Labute approximate surface area is 88.4 Å². The minimum absolute atomic E-state index is 0.590. The topological polar surface area (TPSA) is 55.1 Å². The van der Waals surface area contributed by atoms with Gasteiger partial charge in [-0.15, -0.1) is 0 Å². The zero-order valence-corrected chi connectivity index (χ0v) is 8.89. The molecule has 0 heterocycles. The van der Waals surface area contributed by atoms with Crippen molar-refractivity contribution in [3.8, 4) is 0 Å². The fourth-order valence-corrected chi connectivity index (χ4v) is 1.23. The highest BCUT2D eigenvalue weighted by molar-refractivity contribution is 14.1. The van der Waals surface area contributed by atoms with E-state index < -0.39 is 6.03 Å². The average Bonchev–Trinajstić information content (AvgIpc) is 1.96. The summed E-state index contributed by atoms with van der Waals surface area (Å²) in [6, 6.07) is 4.59. The molecule has 1 aromatic carbocycles. The van der Waals surface area contributed by atoms with Gasteiger partial charge in [0, 0.05) is 9.26 Å². The van der Waals surface area contributed by atoms with E-state index in [4.69, 9.17) is 17.3 Å². The van der Waals surface area contributed by atoms with Crippen molar-refractivity contribution in [3.63, 3.8) is 0 Å². The maximum Gasteiger partial charge on any atom is 0.316 e. The molecule has 1 aromatic rings. The Morgan fingerprint density at radius 2 is 2.25 bits per heavy atom. The molecular formula is C7H6ClIN2O. The minimum atomic E-state index is -0.590. The highest BCUT2D eigenvalue weighted by atomic mass is 127. The third kappa shape index (κ3) is 2.53. The van der Waals surface area contributed by atoms with Crippen LogP contribution in [0.1, 0.15) is 0 Å². The van der Waals surface area contributed by atoms with Gasteiger partial charge in [-0.25, -0.2) is 4.79 Å². The largest absolute Gasteiger partial charge is 0.351 e. The van der Waals surface area contributed by atoms with Gasteiger partial charge in [-0.05, 0) is 40.8 Å². The predicted octanol–water partition coefficient (Wildman–Crippen LogP) is 2.44. The summed E-state index contributed by atoms with van der Waals surface area (Å²) in [4.78, 5) is 10.4. The van der Waals surface area contributed by atoms with Crippen molar-refractivity contribution in [2.24, 2.45) is 5.73 Å². The molecule has 0 saturated heterocycles. The first-order valence-corrected chi connectivity index (χ1v) is 4.57. The minimum Gasteiger partial charge on any atom is -0.351 e. The van der Waals surface area contributed by atoms with Crippen molar-refractivity contribution in [2.45, 2.75) is 0 Å². The Hall–Kier alpha value is -0.490. The highest BCUT2D eigenvalue weighted by Gasteiger charge is 1.99.